The van der Waals surface area contributed by atoms with E-state index in [1.54, 1.807) is 0 Å². The van der Waals surface area contributed by atoms with Gasteiger partial charge < -0.3 is 5.73 Å². The van der Waals surface area contributed by atoms with Gasteiger partial charge in [0.1, 0.15) is 0 Å². The summed E-state index contributed by atoms with van der Waals surface area (Å²) in [4.78, 5) is 0. The summed E-state index contributed by atoms with van der Waals surface area (Å²) >= 11 is 0. The van der Waals surface area contributed by atoms with Gasteiger partial charge in [-0.05, 0) is 135 Å². The van der Waals surface area contributed by atoms with E-state index < -0.39 is 0 Å². The zero-order valence-corrected chi connectivity index (χ0v) is 32.1. The molecule has 274 valence electrons. The SMILES string of the molecule is Nc1ccc(Cc2ccc(Cc3ccc(Cc4ccc(Cc5ccc(Cc6ccc(Cc7ccc(Cc8ccccc8)cc7)cc6)cc5)cc4)cc3)cc2)cc1. The summed E-state index contributed by atoms with van der Waals surface area (Å²) in [6, 6.07) is 73.5. The van der Waals surface area contributed by atoms with E-state index >= 15 is 0 Å². The zero-order chi connectivity index (χ0) is 37.9. The smallest absolute Gasteiger partial charge is 0.0314 e. The quantitative estimate of drug-likeness (QED) is 0.111. The van der Waals surface area contributed by atoms with Crippen molar-refractivity contribution in [2.75, 3.05) is 5.73 Å². The summed E-state index contributed by atoms with van der Waals surface area (Å²) in [6.07, 6.45) is 6.64. The summed E-state index contributed by atoms with van der Waals surface area (Å²) in [6.45, 7) is 0. The first kappa shape index (κ1) is 36.5. The van der Waals surface area contributed by atoms with E-state index in [1.165, 1.54) is 77.9 Å². The molecular formula is C55H49N. The lowest BCUT2D eigenvalue weighted by atomic mass is 9.97. The third-order valence-corrected chi connectivity index (χ3v) is 10.8. The van der Waals surface area contributed by atoms with Crippen molar-refractivity contribution in [1.82, 2.24) is 0 Å². The highest BCUT2D eigenvalue weighted by Gasteiger charge is 2.05. The Morgan fingerprint density at radius 3 is 0.500 bits per heavy atom. The summed E-state index contributed by atoms with van der Waals surface area (Å²) in [5, 5.41) is 0. The van der Waals surface area contributed by atoms with Crippen LogP contribution in [-0.2, 0) is 44.9 Å². The van der Waals surface area contributed by atoms with Crippen LogP contribution in [0.1, 0.15) is 77.9 Å². The molecular weight excluding hydrogens is 675 g/mol. The van der Waals surface area contributed by atoms with Crippen LogP contribution in [0.4, 0.5) is 5.69 Å². The molecule has 0 aliphatic heterocycles. The van der Waals surface area contributed by atoms with Crippen molar-refractivity contribution in [2.24, 2.45) is 0 Å². The van der Waals surface area contributed by atoms with Crippen LogP contribution >= 0.6 is 0 Å². The normalized spacial score (nSPS) is 11.1. The van der Waals surface area contributed by atoms with E-state index in [1.807, 2.05) is 12.1 Å². The van der Waals surface area contributed by atoms with Gasteiger partial charge >= 0.3 is 0 Å². The molecule has 8 aromatic rings. The fourth-order valence-electron chi connectivity index (χ4n) is 7.53. The van der Waals surface area contributed by atoms with Crippen LogP contribution < -0.4 is 5.73 Å². The molecule has 0 fully saturated rings. The van der Waals surface area contributed by atoms with Crippen molar-refractivity contribution < 1.29 is 0 Å². The third kappa shape index (κ3) is 10.4. The lowest BCUT2D eigenvalue weighted by Crippen LogP contribution is -1.94. The highest BCUT2D eigenvalue weighted by atomic mass is 14.5. The molecule has 8 rings (SSSR count). The Bertz CT molecular complexity index is 2410. The monoisotopic (exact) mass is 723 g/mol. The molecule has 0 heterocycles. The van der Waals surface area contributed by atoms with Crippen LogP contribution in [-0.4, -0.2) is 0 Å². The maximum absolute atomic E-state index is 5.83. The molecule has 0 aliphatic rings. The summed E-state index contributed by atoms with van der Waals surface area (Å²) in [7, 11) is 0. The van der Waals surface area contributed by atoms with Gasteiger partial charge in [-0.25, -0.2) is 0 Å². The first-order valence-electron chi connectivity index (χ1n) is 19.9. The van der Waals surface area contributed by atoms with Gasteiger partial charge in [0.05, 0.1) is 0 Å². The molecule has 0 bridgehead atoms. The van der Waals surface area contributed by atoms with Crippen LogP contribution in [0.25, 0.3) is 0 Å². The van der Waals surface area contributed by atoms with Crippen molar-refractivity contribution in [3.8, 4) is 0 Å². The van der Waals surface area contributed by atoms with Gasteiger partial charge in [0.2, 0.25) is 0 Å². The average molecular weight is 724 g/mol. The standard InChI is InChI=1S/C55H49N/c56-55-32-30-54(31-33-55)40-53-28-26-52(27-29-53)39-51-24-22-50(23-25-51)38-49-20-18-48(19-21-49)37-47-16-14-46(15-17-47)36-45-12-10-44(11-13-45)35-43-8-6-42(7-9-43)34-41-4-2-1-3-5-41/h1-33H,34-40,56H2. The highest BCUT2D eigenvalue weighted by molar-refractivity contribution is 5.42. The number of nitrogen functional groups attached to an aromatic ring is 1. The van der Waals surface area contributed by atoms with Crippen molar-refractivity contribution in [2.45, 2.75) is 44.9 Å². The summed E-state index contributed by atoms with van der Waals surface area (Å²) in [5.41, 5.74) is 25.4. The number of anilines is 1. The first-order valence-corrected chi connectivity index (χ1v) is 19.9. The largest absolute Gasteiger partial charge is 0.399 e. The second kappa shape index (κ2) is 17.8. The molecule has 56 heavy (non-hydrogen) atoms. The number of benzene rings is 8. The minimum absolute atomic E-state index is 0.809. The van der Waals surface area contributed by atoms with E-state index in [-0.39, 0.29) is 0 Å². The Morgan fingerprint density at radius 2 is 0.321 bits per heavy atom. The van der Waals surface area contributed by atoms with Gasteiger partial charge in [-0.1, -0.05) is 188 Å². The van der Waals surface area contributed by atoms with Gasteiger partial charge in [-0.3, -0.25) is 0 Å². The molecule has 1 heteroatoms. The molecule has 0 unspecified atom stereocenters. The van der Waals surface area contributed by atoms with Crippen molar-refractivity contribution in [3.05, 3.63) is 278 Å². The maximum atomic E-state index is 5.83. The van der Waals surface area contributed by atoms with Gasteiger partial charge in [0.15, 0.2) is 0 Å². The molecule has 0 spiro atoms. The molecule has 0 atom stereocenters. The zero-order valence-electron chi connectivity index (χ0n) is 32.1. The molecule has 0 saturated carbocycles. The van der Waals surface area contributed by atoms with E-state index in [9.17, 15) is 0 Å². The molecule has 8 aromatic carbocycles. The van der Waals surface area contributed by atoms with Gasteiger partial charge in [-0.15, -0.1) is 0 Å². The lowest BCUT2D eigenvalue weighted by molar-refractivity contribution is 1.12. The Morgan fingerprint density at radius 1 is 0.179 bits per heavy atom. The van der Waals surface area contributed by atoms with Gasteiger partial charge in [0.25, 0.3) is 0 Å². The van der Waals surface area contributed by atoms with Crippen LogP contribution in [0.3, 0.4) is 0 Å². The Balaban J connectivity index is 0.778. The topological polar surface area (TPSA) is 26.0 Å². The third-order valence-electron chi connectivity index (χ3n) is 10.8. The Hall–Kier alpha value is -6.44. The van der Waals surface area contributed by atoms with Crippen molar-refractivity contribution in [3.63, 3.8) is 0 Å². The molecule has 0 aromatic heterocycles. The fraction of sp³-hybridized carbons (Fsp3) is 0.127. The Kier molecular flexibility index (Phi) is 11.6. The van der Waals surface area contributed by atoms with Crippen LogP contribution in [0.15, 0.2) is 200 Å². The van der Waals surface area contributed by atoms with Crippen LogP contribution in [0.5, 0.6) is 0 Å². The summed E-state index contributed by atoms with van der Waals surface area (Å²) < 4.78 is 0. The number of nitrogens with two attached hydrogens (primary N) is 1. The summed E-state index contributed by atoms with van der Waals surface area (Å²) in [5.74, 6) is 0. The fourth-order valence-corrected chi connectivity index (χ4v) is 7.53. The highest BCUT2D eigenvalue weighted by Crippen LogP contribution is 2.20. The minimum Gasteiger partial charge on any atom is -0.399 e. The minimum atomic E-state index is 0.809. The number of rotatable bonds is 14. The molecule has 0 aliphatic carbocycles. The van der Waals surface area contributed by atoms with Crippen LogP contribution in [0, 0.1) is 0 Å². The maximum Gasteiger partial charge on any atom is 0.0314 e. The molecule has 1 nitrogen and oxygen atoms in total. The van der Waals surface area contributed by atoms with E-state index in [2.05, 4.69) is 188 Å². The lowest BCUT2D eigenvalue weighted by Gasteiger charge is -2.09. The first-order chi connectivity index (χ1) is 27.5. The van der Waals surface area contributed by atoms with E-state index in [0.29, 0.717) is 0 Å². The van der Waals surface area contributed by atoms with Gasteiger partial charge in [-0.2, -0.15) is 0 Å². The molecule has 0 radical (unpaired) electrons. The van der Waals surface area contributed by atoms with Crippen LogP contribution in [0.2, 0.25) is 0 Å². The predicted octanol–water partition coefficient (Wildman–Crippen LogP) is 12.4. The average Bonchev–Trinajstić information content (AvgIpc) is 3.23. The van der Waals surface area contributed by atoms with E-state index in [4.69, 9.17) is 5.73 Å². The number of hydrogen-bond acceptors (Lipinski definition) is 1. The molecule has 0 amide bonds. The molecule has 2 N–H and O–H groups in total. The number of hydrogen-bond donors (Lipinski definition) is 1. The Labute approximate surface area is 333 Å². The van der Waals surface area contributed by atoms with Crippen molar-refractivity contribution in [1.29, 1.82) is 0 Å². The van der Waals surface area contributed by atoms with E-state index in [0.717, 1.165) is 50.6 Å². The molecule has 0 saturated heterocycles. The van der Waals surface area contributed by atoms with Gasteiger partial charge in [0, 0.05) is 5.69 Å². The second-order valence-electron chi connectivity index (χ2n) is 15.4. The second-order valence-corrected chi connectivity index (χ2v) is 15.4. The van der Waals surface area contributed by atoms with Crippen molar-refractivity contribution >= 4 is 5.69 Å². The predicted molar refractivity (Wildman–Crippen MR) is 236 cm³/mol.